The van der Waals surface area contributed by atoms with Crippen LogP contribution in [0, 0.1) is 12.8 Å². The minimum atomic E-state index is -0.800. The molecule has 1 aliphatic carbocycles. The van der Waals surface area contributed by atoms with Crippen molar-refractivity contribution in [1.29, 1.82) is 0 Å². The standard InChI is InChI=1S/C22H30N2O3S/c1-16-20(15-27-19-8-6-18(26-2)7-9-19)28-21(23-16)22(25)10-3-12-24(13-11-22)14-17-4-5-17/h6-9,17,25H,3-5,10-15H2,1-2H3. The number of aliphatic hydroxyl groups is 1. The SMILES string of the molecule is COc1ccc(OCc2sc(C3(O)CCCN(CC4CC4)CC3)nc2C)cc1. The van der Waals surface area contributed by atoms with Gasteiger partial charge in [0.25, 0.3) is 0 Å². The third kappa shape index (κ3) is 4.67. The quantitative estimate of drug-likeness (QED) is 0.755. The molecule has 1 atom stereocenters. The predicted octanol–water partition coefficient (Wildman–Crippen LogP) is 4.12. The summed E-state index contributed by atoms with van der Waals surface area (Å²) in [4.78, 5) is 8.35. The molecule has 1 saturated carbocycles. The minimum absolute atomic E-state index is 0.472. The first kappa shape index (κ1) is 19.7. The van der Waals surface area contributed by atoms with E-state index >= 15 is 0 Å². The van der Waals surface area contributed by atoms with Crippen molar-refractivity contribution in [2.45, 2.75) is 51.2 Å². The number of hydrogen-bond acceptors (Lipinski definition) is 6. The van der Waals surface area contributed by atoms with E-state index in [1.165, 1.54) is 19.4 Å². The largest absolute Gasteiger partial charge is 0.497 e. The van der Waals surface area contributed by atoms with E-state index in [0.29, 0.717) is 6.61 Å². The van der Waals surface area contributed by atoms with Crippen molar-refractivity contribution in [2.24, 2.45) is 5.92 Å². The van der Waals surface area contributed by atoms with Gasteiger partial charge in [0, 0.05) is 13.1 Å². The summed E-state index contributed by atoms with van der Waals surface area (Å²) in [6.45, 7) is 5.74. The number of aryl methyl sites for hydroxylation is 1. The normalized spacial score (nSPS) is 23.4. The van der Waals surface area contributed by atoms with Crippen LogP contribution in [-0.2, 0) is 12.2 Å². The number of hydrogen-bond donors (Lipinski definition) is 1. The summed E-state index contributed by atoms with van der Waals surface area (Å²) in [5.41, 5.74) is 0.160. The Bertz CT molecular complexity index is 788. The third-order valence-electron chi connectivity index (χ3n) is 5.84. The highest BCUT2D eigenvalue weighted by Crippen LogP contribution is 2.38. The maximum absolute atomic E-state index is 11.3. The van der Waals surface area contributed by atoms with E-state index in [9.17, 15) is 5.11 Å². The monoisotopic (exact) mass is 402 g/mol. The van der Waals surface area contributed by atoms with Crippen molar-refractivity contribution < 1.29 is 14.6 Å². The van der Waals surface area contributed by atoms with Gasteiger partial charge in [0.15, 0.2) is 0 Å². The van der Waals surface area contributed by atoms with Crippen LogP contribution in [0.1, 0.15) is 47.7 Å². The molecule has 152 valence electrons. The van der Waals surface area contributed by atoms with Crippen LogP contribution in [0.2, 0.25) is 0 Å². The van der Waals surface area contributed by atoms with E-state index in [4.69, 9.17) is 14.5 Å². The van der Waals surface area contributed by atoms with Gasteiger partial charge in [-0.15, -0.1) is 11.3 Å². The molecular formula is C22H30N2O3S. The van der Waals surface area contributed by atoms with Crippen LogP contribution in [0.5, 0.6) is 11.5 Å². The topological polar surface area (TPSA) is 54.8 Å². The number of benzene rings is 1. The molecule has 1 saturated heterocycles. The van der Waals surface area contributed by atoms with Gasteiger partial charge in [0.1, 0.15) is 28.7 Å². The molecule has 2 aliphatic rings. The van der Waals surface area contributed by atoms with Crippen LogP contribution in [0.4, 0.5) is 0 Å². The summed E-state index contributed by atoms with van der Waals surface area (Å²) in [5, 5.41) is 12.2. The maximum Gasteiger partial charge on any atom is 0.125 e. The molecule has 1 N–H and O–H groups in total. The molecule has 6 heteroatoms. The van der Waals surface area contributed by atoms with Gasteiger partial charge in [-0.25, -0.2) is 4.98 Å². The lowest BCUT2D eigenvalue weighted by molar-refractivity contribution is 0.0208. The van der Waals surface area contributed by atoms with Crippen LogP contribution in [0.15, 0.2) is 24.3 Å². The van der Waals surface area contributed by atoms with E-state index in [2.05, 4.69) is 4.90 Å². The Balaban J connectivity index is 1.39. The van der Waals surface area contributed by atoms with Gasteiger partial charge >= 0.3 is 0 Å². The summed E-state index contributed by atoms with van der Waals surface area (Å²) in [5.74, 6) is 2.52. The fraction of sp³-hybridized carbons (Fsp3) is 0.591. The number of nitrogens with zero attached hydrogens (tertiary/aromatic N) is 2. The van der Waals surface area contributed by atoms with Crippen molar-refractivity contribution in [3.8, 4) is 11.5 Å². The fourth-order valence-corrected chi connectivity index (χ4v) is 4.94. The fourth-order valence-electron chi connectivity index (χ4n) is 3.82. The number of ether oxygens (including phenoxy) is 2. The van der Waals surface area contributed by atoms with Gasteiger partial charge in [0.05, 0.1) is 17.7 Å². The number of rotatable bonds is 7. The highest BCUT2D eigenvalue weighted by molar-refractivity contribution is 7.11. The van der Waals surface area contributed by atoms with Crippen molar-refractivity contribution in [3.63, 3.8) is 0 Å². The van der Waals surface area contributed by atoms with Gasteiger partial charge in [-0.2, -0.15) is 0 Å². The lowest BCUT2D eigenvalue weighted by Gasteiger charge is -2.24. The van der Waals surface area contributed by atoms with Crippen LogP contribution in [0.3, 0.4) is 0 Å². The zero-order valence-corrected chi connectivity index (χ0v) is 17.6. The summed E-state index contributed by atoms with van der Waals surface area (Å²) in [6, 6.07) is 7.59. The molecule has 1 aliphatic heterocycles. The summed E-state index contributed by atoms with van der Waals surface area (Å²) < 4.78 is 11.1. The first-order valence-corrected chi connectivity index (χ1v) is 11.1. The zero-order valence-electron chi connectivity index (χ0n) is 16.8. The van der Waals surface area contributed by atoms with Gasteiger partial charge in [-0.1, -0.05) is 0 Å². The van der Waals surface area contributed by atoms with E-state index < -0.39 is 5.60 Å². The van der Waals surface area contributed by atoms with Crippen molar-refractivity contribution in [1.82, 2.24) is 9.88 Å². The summed E-state index contributed by atoms with van der Waals surface area (Å²) >= 11 is 1.60. The molecule has 1 aromatic carbocycles. The highest BCUT2D eigenvalue weighted by atomic mass is 32.1. The Morgan fingerprint density at radius 1 is 1.18 bits per heavy atom. The summed E-state index contributed by atoms with van der Waals surface area (Å²) in [6.07, 6.45) is 5.35. The first-order chi connectivity index (χ1) is 13.6. The Kier molecular flexibility index (Phi) is 5.90. The molecule has 28 heavy (non-hydrogen) atoms. The Labute approximate surface area is 171 Å². The molecule has 5 nitrogen and oxygen atoms in total. The average Bonchev–Trinajstić information content (AvgIpc) is 3.47. The maximum atomic E-state index is 11.3. The Morgan fingerprint density at radius 3 is 2.64 bits per heavy atom. The molecule has 2 fully saturated rings. The van der Waals surface area contributed by atoms with Crippen LogP contribution in [-0.4, -0.2) is 41.7 Å². The Hall–Kier alpha value is -1.63. The number of aromatic nitrogens is 1. The highest BCUT2D eigenvalue weighted by Gasteiger charge is 2.36. The third-order valence-corrected chi connectivity index (χ3v) is 7.16. The smallest absolute Gasteiger partial charge is 0.125 e. The second-order valence-electron chi connectivity index (χ2n) is 8.12. The van der Waals surface area contributed by atoms with Crippen LogP contribution in [0.25, 0.3) is 0 Å². The van der Waals surface area contributed by atoms with Crippen molar-refractivity contribution >= 4 is 11.3 Å². The number of likely N-dealkylation sites (tertiary alicyclic amines) is 1. The molecule has 1 unspecified atom stereocenters. The van der Waals surface area contributed by atoms with Crippen molar-refractivity contribution in [2.75, 3.05) is 26.7 Å². The minimum Gasteiger partial charge on any atom is -0.497 e. The van der Waals surface area contributed by atoms with Gasteiger partial charge in [-0.05, 0) is 75.8 Å². The zero-order chi connectivity index (χ0) is 19.6. The average molecular weight is 403 g/mol. The van der Waals surface area contributed by atoms with Crippen molar-refractivity contribution in [3.05, 3.63) is 39.8 Å². The van der Waals surface area contributed by atoms with E-state index in [1.807, 2.05) is 31.2 Å². The molecule has 0 radical (unpaired) electrons. The van der Waals surface area contributed by atoms with Gasteiger partial charge in [-0.3, -0.25) is 0 Å². The first-order valence-electron chi connectivity index (χ1n) is 10.2. The lowest BCUT2D eigenvalue weighted by Crippen LogP contribution is -2.30. The second-order valence-corrected chi connectivity index (χ2v) is 9.20. The molecule has 2 heterocycles. The molecule has 0 bridgehead atoms. The van der Waals surface area contributed by atoms with E-state index in [-0.39, 0.29) is 0 Å². The molecule has 0 amide bonds. The van der Waals surface area contributed by atoms with Gasteiger partial charge in [0.2, 0.25) is 0 Å². The van der Waals surface area contributed by atoms with E-state index in [1.54, 1.807) is 18.4 Å². The predicted molar refractivity (Wildman–Crippen MR) is 111 cm³/mol. The molecule has 0 spiro atoms. The second kappa shape index (κ2) is 8.39. The van der Waals surface area contributed by atoms with Crippen LogP contribution < -0.4 is 9.47 Å². The number of methoxy groups -OCH3 is 1. The number of thiazole rings is 1. The van der Waals surface area contributed by atoms with Gasteiger partial charge < -0.3 is 19.5 Å². The van der Waals surface area contributed by atoms with Crippen LogP contribution >= 0.6 is 11.3 Å². The molecule has 2 aromatic rings. The lowest BCUT2D eigenvalue weighted by atomic mass is 9.96. The molecule has 4 rings (SSSR count). The molecular weight excluding hydrogens is 372 g/mol. The summed E-state index contributed by atoms with van der Waals surface area (Å²) in [7, 11) is 1.65. The van der Waals surface area contributed by atoms with E-state index in [0.717, 1.165) is 65.3 Å². The molecule has 1 aromatic heterocycles. The Morgan fingerprint density at radius 2 is 1.93 bits per heavy atom.